The van der Waals surface area contributed by atoms with E-state index < -0.39 is 0 Å². The maximum Gasteiger partial charge on any atom is 0.226 e. The number of pyridine rings is 1. The Balaban J connectivity index is 1.32. The van der Waals surface area contributed by atoms with Gasteiger partial charge in [0.2, 0.25) is 5.91 Å². The van der Waals surface area contributed by atoms with Crippen LogP contribution in [0.4, 0.5) is 5.69 Å². The Bertz CT molecular complexity index is 1580. The van der Waals surface area contributed by atoms with Gasteiger partial charge in [-0.15, -0.1) is 0 Å². The highest BCUT2D eigenvalue weighted by atomic mass is 32.1. The van der Waals surface area contributed by atoms with E-state index in [1.807, 2.05) is 79.9 Å². The van der Waals surface area contributed by atoms with Gasteiger partial charge in [0, 0.05) is 31.0 Å². The quantitative estimate of drug-likeness (QED) is 0.256. The second-order valence-corrected chi connectivity index (χ2v) is 10.7. The molecule has 9 heteroatoms. The zero-order chi connectivity index (χ0) is 26.1. The highest BCUT2D eigenvalue weighted by molar-refractivity contribution is 7.80. The fraction of sp³-hybridized carbons (Fsp3) is 0.172. The van der Waals surface area contributed by atoms with Crippen molar-refractivity contribution in [3.8, 4) is 5.13 Å². The molecule has 0 saturated carbocycles. The zero-order valence-corrected chi connectivity index (χ0v) is 22.4. The molecule has 6 rings (SSSR count). The number of nitrogens with one attached hydrogen (secondary N) is 2. The number of para-hydroxylation sites is 1. The van der Waals surface area contributed by atoms with Crippen LogP contribution in [0.3, 0.4) is 0 Å². The number of carbonyl (C=O) groups excluding carboxylic acids is 1. The average molecular weight is 539 g/mol. The fourth-order valence-corrected chi connectivity index (χ4v) is 6.21. The number of thiazole rings is 1. The van der Waals surface area contributed by atoms with Gasteiger partial charge in [-0.05, 0) is 73.2 Å². The second kappa shape index (κ2) is 10.4. The third kappa shape index (κ3) is 4.78. The summed E-state index contributed by atoms with van der Waals surface area (Å²) in [6.07, 6.45) is 4.12. The number of nitrogens with zero attached hydrogens (tertiary/aromatic N) is 4. The third-order valence-corrected chi connectivity index (χ3v) is 8.04. The Morgan fingerprint density at radius 1 is 1.08 bits per heavy atom. The summed E-state index contributed by atoms with van der Waals surface area (Å²) in [5.74, 6) is -0.0556. The average Bonchev–Trinajstić information content (AvgIpc) is 3.64. The van der Waals surface area contributed by atoms with E-state index in [-0.39, 0.29) is 18.0 Å². The van der Waals surface area contributed by atoms with Gasteiger partial charge in [0.05, 0.1) is 33.7 Å². The van der Waals surface area contributed by atoms with Crippen molar-refractivity contribution in [2.75, 3.05) is 11.9 Å². The minimum Gasteiger partial charge on any atom is -0.352 e. The zero-order valence-electron chi connectivity index (χ0n) is 20.7. The van der Waals surface area contributed by atoms with Crippen LogP contribution >= 0.6 is 23.6 Å². The van der Waals surface area contributed by atoms with Crippen molar-refractivity contribution < 1.29 is 4.79 Å². The molecule has 4 heterocycles. The van der Waals surface area contributed by atoms with Crippen LogP contribution < -0.4 is 10.6 Å². The van der Waals surface area contributed by atoms with Crippen LogP contribution in [0, 0.1) is 6.92 Å². The van der Waals surface area contributed by atoms with E-state index in [9.17, 15) is 4.79 Å². The summed E-state index contributed by atoms with van der Waals surface area (Å²) in [7, 11) is 0. The van der Waals surface area contributed by atoms with E-state index in [0.29, 0.717) is 18.1 Å². The number of rotatable bonds is 7. The molecule has 0 bridgehead atoms. The maximum atomic E-state index is 12.9. The lowest BCUT2D eigenvalue weighted by Gasteiger charge is -2.28. The first kappa shape index (κ1) is 24.3. The highest BCUT2D eigenvalue weighted by Crippen LogP contribution is 2.40. The highest BCUT2D eigenvalue weighted by Gasteiger charge is 2.41. The number of thiocarbonyl (C=S) groups is 1. The first-order chi connectivity index (χ1) is 18.6. The van der Waals surface area contributed by atoms with Gasteiger partial charge in [-0.3, -0.25) is 14.3 Å². The predicted molar refractivity (Wildman–Crippen MR) is 156 cm³/mol. The van der Waals surface area contributed by atoms with Crippen molar-refractivity contribution in [3.63, 3.8) is 0 Å². The monoisotopic (exact) mass is 538 g/mol. The van der Waals surface area contributed by atoms with Crippen LogP contribution in [-0.2, 0) is 4.79 Å². The third-order valence-electron chi connectivity index (χ3n) is 6.65. The van der Waals surface area contributed by atoms with E-state index in [1.54, 1.807) is 17.5 Å². The van der Waals surface area contributed by atoms with Gasteiger partial charge in [0.25, 0.3) is 0 Å². The summed E-state index contributed by atoms with van der Waals surface area (Å²) >= 11 is 7.46. The number of fused-ring (bicyclic) bond motifs is 1. The van der Waals surface area contributed by atoms with Crippen molar-refractivity contribution in [2.45, 2.75) is 25.4 Å². The molecule has 0 aliphatic carbocycles. The summed E-state index contributed by atoms with van der Waals surface area (Å²) in [5.41, 5.74) is 4.79. The number of hydrogen-bond donors (Lipinski definition) is 2. The van der Waals surface area contributed by atoms with Crippen LogP contribution in [0.25, 0.3) is 15.3 Å². The summed E-state index contributed by atoms with van der Waals surface area (Å²) in [5, 5.41) is 7.98. The molecule has 0 unspecified atom stereocenters. The number of hydrogen-bond acceptors (Lipinski definition) is 5. The van der Waals surface area contributed by atoms with Gasteiger partial charge in [0.15, 0.2) is 10.2 Å². The summed E-state index contributed by atoms with van der Waals surface area (Å²) in [4.78, 5) is 24.5. The molecular formula is C29H26N6OS2. The first-order valence-corrected chi connectivity index (χ1v) is 13.7. The number of aryl methyl sites for hydroxylation is 1. The summed E-state index contributed by atoms with van der Waals surface area (Å²) < 4.78 is 3.26. The molecule has 7 nitrogen and oxygen atoms in total. The molecule has 38 heavy (non-hydrogen) atoms. The molecule has 1 amide bonds. The van der Waals surface area contributed by atoms with Crippen LogP contribution in [0.15, 0.2) is 91.3 Å². The number of carbonyl (C=O) groups is 1. The Labute approximate surface area is 230 Å². The topological polar surface area (TPSA) is 75.1 Å². The van der Waals surface area contributed by atoms with Crippen molar-refractivity contribution in [2.24, 2.45) is 0 Å². The molecule has 0 spiro atoms. The lowest BCUT2D eigenvalue weighted by atomic mass is 10.0. The van der Waals surface area contributed by atoms with E-state index in [1.165, 1.54) is 0 Å². The predicted octanol–water partition coefficient (Wildman–Crippen LogP) is 5.79. The van der Waals surface area contributed by atoms with E-state index >= 15 is 0 Å². The largest absolute Gasteiger partial charge is 0.352 e. The molecule has 1 saturated heterocycles. The Morgan fingerprint density at radius 2 is 1.95 bits per heavy atom. The SMILES string of the molecule is Cc1cccc(NC(=O)CCN2C(=S)N[C@H](c3ccccn3)[C@@H]2c2cccn2-c2nc3ccccc3s2)c1. The fourth-order valence-electron chi connectivity index (χ4n) is 4.91. The number of benzene rings is 2. The van der Waals surface area contributed by atoms with E-state index in [0.717, 1.165) is 38.0 Å². The molecular weight excluding hydrogens is 512 g/mol. The molecule has 190 valence electrons. The lowest BCUT2D eigenvalue weighted by molar-refractivity contribution is -0.116. The minimum atomic E-state index is -0.175. The molecule has 2 aromatic carbocycles. The van der Waals surface area contributed by atoms with Crippen molar-refractivity contribution in [1.29, 1.82) is 0 Å². The van der Waals surface area contributed by atoms with Crippen molar-refractivity contribution >= 4 is 50.5 Å². The van der Waals surface area contributed by atoms with Crippen molar-refractivity contribution in [1.82, 2.24) is 24.8 Å². The smallest absolute Gasteiger partial charge is 0.226 e. The van der Waals surface area contributed by atoms with Gasteiger partial charge in [-0.25, -0.2) is 4.98 Å². The molecule has 0 radical (unpaired) electrons. The molecule has 5 aromatic rings. The Kier molecular flexibility index (Phi) is 6.61. The first-order valence-electron chi connectivity index (χ1n) is 12.4. The number of aromatic nitrogens is 3. The standard InChI is InChI=1S/C29H26N6OS2/c1-19-8-6-9-20(18-19)31-25(36)14-17-35-27(26(33-28(35)37)22-11-4-5-15-30-22)23-12-7-16-34(23)29-32-21-10-2-3-13-24(21)38-29/h2-13,15-16,18,26-27H,14,17H2,1H3,(H,31,36)(H,33,37)/t26-,27+/m1/s1. The van der Waals surface area contributed by atoms with Crippen LogP contribution in [0.5, 0.6) is 0 Å². The lowest BCUT2D eigenvalue weighted by Crippen LogP contribution is -2.33. The maximum absolute atomic E-state index is 12.9. The van der Waals surface area contributed by atoms with Gasteiger partial charge in [-0.2, -0.15) is 0 Å². The van der Waals surface area contributed by atoms with Gasteiger partial charge >= 0.3 is 0 Å². The van der Waals surface area contributed by atoms with Gasteiger partial charge in [-0.1, -0.05) is 41.7 Å². The molecule has 1 aliphatic rings. The minimum absolute atomic E-state index is 0.0556. The second-order valence-electron chi connectivity index (χ2n) is 9.25. The van der Waals surface area contributed by atoms with Gasteiger partial charge < -0.3 is 15.5 Å². The molecule has 1 fully saturated rings. The number of anilines is 1. The number of amides is 1. The van der Waals surface area contributed by atoms with Crippen LogP contribution in [0.1, 0.15) is 35.5 Å². The molecule has 2 N–H and O–H groups in total. The van der Waals surface area contributed by atoms with Crippen LogP contribution in [0.2, 0.25) is 0 Å². The van der Waals surface area contributed by atoms with Crippen LogP contribution in [-0.4, -0.2) is 37.0 Å². The van der Waals surface area contributed by atoms with Crippen molar-refractivity contribution in [3.05, 3.63) is 108 Å². The molecule has 2 atom stereocenters. The van der Waals surface area contributed by atoms with E-state index in [2.05, 4.69) is 37.2 Å². The van der Waals surface area contributed by atoms with E-state index in [4.69, 9.17) is 17.2 Å². The Hall–Kier alpha value is -4.08. The summed E-state index contributed by atoms with van der Waals surface area (Å²) in [6.45, 7) is 2.47. The Morgan fingerprint density at radius 3 is 2.76 bits per heavy atom. The van der Waals surface area contributed by atoms with Gasteiger partial charge in [0.1, 0.15) is 0 Å². The summed E-state index contributed by atoms with van der Waals surface area (Å²) in [6, 6.07) is 25.6. The molecule has 3 aromatic heterocycles. The normalized spacial score (nSPS) is 17.1. The molecule has 1 aliphatic heterocycles.